The van der Waals surface area contributed by atoms with E-state index in [2.05, 4.69) is 10.6 Å². The van der Waals surface area contributed by atoms with Crippen molar-refractivity contribution < 1.29 is 66.6 Å². The maximum atomic E-state index is 12.4. The minimum Gasteiger partial charge on any atom is -0.480 e. The van der Waals surface area contributed by atoms with E-state index < -0.39 is 61.9 Å². The van der Waals surface area contributed by atoms with Crippen molar-refractivity contribution in [2.24, 2.45) is 0 Å². The van der Waals surface area contributed by atoms with Crippen molar-refractivity contribution in [1.82, 2.24) is 9.80 Å². The van der Waals surface area contributed by atoms with Crippen LogP contribution >= 0.6 is 0 Å². The van der Waals surface area contributed by atoms with Gasteiger partial charge in [-0.2, -0.15) is 0 Å². The second-order valence-electron chi connectivity index (χ2n) is 13.2. The van der Waals surface area contributed by atoms with Gasteiger partial charge in [0.05, 0.1) is 39.3 Å². The van der Waals surface area contributed by atoms with Crippen molar-refractivity contribution >= 4 is 47.1 Å². The van der Waals surface area contributed by atoms with Crippen molar-refractivity contribution in [1.29, 1.82) is 0 Å². The van der Waals surface area contributed by atoms with Crippen molar-refractivity contribution in [2.75, 3.05) is 49.9 Å². The molecular formula is C36H52CrN4O10. The molecule has 0 aliphatic heterocycles. The van der Waals surface area contributed by atoms with Gasteiger partial charge in [-0.25, -0.2) is 0 Å². The zero-order valence-electron chi connectivity index (χ0n) is 30.6. The Hall–Kier alpha value is -4.29. The molecule has 14 nitrogen and oxygen atoms in total. The molecule has 282 valence electrons. The molecule has 0 saturated carbocycles. The van der Waals surface area contributed by atoms with E-state index in [1.165, 1.54) is 0 Å². The summed E-state index contributed by atoms with van der Waals surface area (Å²) in [6.45, 7) is 13.5. The van der Waals surface area contributed by atoms with Gasteiger partial charge in [-0.3, -0.25) is 38.6 Å². The molecule has 0 bridgehead atoms. The van der Waals surface area contributed by atoms with Gasteiger partial charge in [-0.1, -0.05) is 91.8 Å². The number of hydrogen-bond acceptors (Lipinski definition) is 8. The molecule has 15 heteroatoms. The van der Waals surface area contributed by atoms with Crippen LogP contribution in [-0.2, 0) is 46.1 Å². The second-order valence-corrected chi connectivity index (χ2v) is 13.2. The number of carbonyl (C=O) groups is 6. The van der Waals surface area contributed by atoms with Crippen LogP contribution in [0.5, 0.6) is 0 Å². The molecule has 0 radical (unpaired) electrons. The molecule has 0 spiro atoms. The fraction of sp³-hybridized carbons (Fsp3) is 0.500. The first-order valence-electron chi connectivity index (χ1n) is 16.4. The summed E-state index contributed by atoms with van der Waals surface area (Å²) in [7, 11) is 0. The number of amides is 2. The summed E-state index contributed by atoms with van der Waals surface area (Å²) in [5, 5.41) is 41.2. The molecule has 0 aliphatic rings. The normalized spacial score (nSPS) is 10.9. The third-order valence-electron chi connectivity index (χ3n) is 7.44. The van der Waals surface area contributed by atoms with Crippen LogP contribution in [0.2, 0.25) is 0 Å². The van der Waals surface area contributed by atoms with Crippen LogP contribution in [0.1, 0.15) is 101 Å². The number of hydrogen-bond donors (Lipinski definition) is 6. The van der Waals surface area contributed by atoms with E-state index in [-0.39, 0.29) is 54.1 Å². The van der Waals surface area contributed by atoms with Gasteiger partial charge in [0, 0.05) is 28.7 Å². The summed E-state index contributed by atoms with van der Waals surface area (Å²) in [5.74, 6) is -4.80. The quantitative estimate of drug-likeness (QED) is 0.122. The summed E-state index contributed by atoms with van der Waals surface area (Å²) in [6.07, 6.45) is 0. The number of rotatable bonds is 18. The smallest absolute Gasteiger partial charge is 0.317 e. The summed E-state index contributed by atoms with van der Waals surface area (Å²) in [4.78, 5) is 70.4. The number of carbonyl (C=O) groups excluding carboxylic acids is 2. The number of aliphatic carboxylic acids is 4. The number of nitrogens with one attached hydrogen (secondary N) is 2. The number of para-hydroxylation sites is 2. The number of carboxylic acid groups (broad SMARTS) is 4. The maximum absolute atomic E-state index is 12.4. The molecule has 2 rings (SSSR count). The molecular weight excluding hydrogens is 700 g/mol. The molecule has 0 unspecified atom stereocenters. The van der Waals surface area contributed by atoms with E-state index in [1.807, 2.05) is 91.8 Å². The Morgan fingerprint density at radius 1 is 0.471 bits per heavy atom. The van der Waals surface area contributed by atoms with E-state index in [9.17, 15) is 28.8 Å². The molecule has 0 aliphatic carbocycles. The molecule has 0 atom stereocenters. The minimum absolute atomic E-state index is 0. The number of carboxylic acids is 4. The molecule has 2 aromatic rings. The van der Waals surface area contributed by atoms with Crippen LogP contribution in [0, 0.1) is 0 Å². The summed E-state index contributed by atoms with van der Waals surface area (Å²) >= 11 is 0. The first-order valence-corrected chi connectivity index (χ1v) is 16.4. The molecule has 0 saturated heterocycles. The zero-order chi connectivity index (χ0) is 38.3. The van der Waals surface area contributed by atoms with E-state index >= 15 is 0 Å². The van der Waals surface area contributed by atoms with Crippen molar-refractivity contribution in [3.8, 4) is 0 Å². The Labute approximate surface area is 310 Å². The fourth-order valence-electron chi connectivity index (χ4n) is 5.26. The van der Waals surface area contributed by atoms with Gasteiger partial charge >= 0.3 is 23.9 Å². The van der Waals surface area contributed by atoms with Crippen LogP contribution < -0.4 is 10.6 Å². The average molecular weight is 753 g/mol. The predicted molar refractivity (Wildman–Crippen MR) is 190 cm³/mol. The van der Waals surface area contributed by atoms with Gasteiger partial charge in [0.15, 0.2) is 0 Å². The minimum atomic E-state index is -1.18. The van der Waals surface area contributed by atoms with Gasteiger partial charge in [0.2, 0.25) is 11.8 Å². The van der Waals surface area contributed by atoms with Crippen LogP contribution in [0.3, 0.4) is 0 Å². The molecule has 51 heavy (non-hydrogen) atoms. The van der Waals surface area contributed by atoms with E-state index in [4.69, 9.17) is 20.4 Å². The summed E-state index contributed by atoms with van der Waals surface area (Å²) < 4.78 is 0. The first kappa shape index (κ1) is 46.7. The monoisotopic (exact) mass is 752 g/mol. The van der Waals surface area contributed by atoms with Crippen molar-refractivity contribution in [3.05, 3.63) is 58.7 Å². The summed E-state index contributed by atoms with van der Waals surface area (Å²) in [6, 6.07) is 11.7. The molecule has 2 aromatic carbocycles. The fourth-order valence-corrected chi connectivity index (χ4v) is 5.26. The Balaban J connectivity index is 0.000000962. The van der Waals surface area contributed by atoms with Gasteiger partial charge in [-0.15, -0.1) is 0 Å². The van der Waals surface area contributed by atoms with Gasteiger partial charge in [0.1, 0.15) is 0 Å². The molecule has 2 amide bonds. The van der Waals surface area contributed by atoms with Gasteiger partial charge in [0.25, 0.3) is 0 Å². The second kappa shape index (κ2) is 22.5. The third-order valence-corrected chi connectivity index (χ3v) is 7.44. The first-order chi connectivity index (χ1) is 23.2. The van der Waals surface area contributed by atoms with Crippen LogP contribution in [-0.4, -0.2) is 105 Å². The van der Waals surface area contributed by atoms with Crippen LogP contribution in [0.15, 0.2) is 36.4 Å². The summed E-state index contributed by atoms with van der Waals surface area (Å²) in [5.41, 5.74) is 5.40. The molecule has 0 heterocycles. The molecule has 0 aromatic heterocycles. The van der Waals surface area contributed by atoms with Crippen LogP contribution in [0.4, 0.5) is 11.4 Å². The van der Waals surface area contributed by atoms with Crippen LogP contribution in [0.25, 0.3) is 0 Å². The number of benzene rings is 2. The van der Waals surface area contributed by atoms with Gasteiger partial charge in [-0.05, 0) is 45.9 Å². The average Bonchev–Trinajstić information content (AvgIpc) is 2.95. The number of anilines is 2. The maximum Gasteiger partial charge on any atom is 0.317 e. The third kappa shape index (κ3) is 17.0. The zero-order valence-corrected chi connectivity index (χ0v) is 31.8. The van der Waals surface area contributed by atoms with Gasteiger partial charge < -0.3 is 31.1 Å². The standard InChI is InChI=1S/2C18H26N2O5.Cr/c2*1-11(2)13-6-5-7-14(12(3)4)18(13)19-15(21)8-20(9-16(22)23)10-17(24)25;/h2*5-7,11-12H,8-10H2,1-4H3,(H,19,21)(H,22,23)(H,24,25);. The predicted octanol–water partition coefficient (Wildman–Crippen LogP) is 4.68. The van der Waals surface area contributed by atoms with E-state index in [0.717, 1.165) is 43.4 Å². The Morgan fingerprint density at radius 3 is 0.863 bits per heavy atom. The Morgan fingerprint density at radius 2 is 0.686 bits per heavy atom. The van der Waals surface area contributed by atoms with Crippen molar-refractivity contribution in [2.45, 2.75) is 79.1 Å². The topological polar surface area (TPSA) is 214 Å². The Bertz CT molecular complexity index is 1310. The SMILES string of the molecule is CC(C)c1cccc(C(C)C)c1NC(=O)CN(CC(=O)O)CC(=O)O.CC(C)c1cccc(C(C)C)c1NC(=O)CN(CC(=O)O)CC(=O)O.[Cr]. The van der Waals surface area contributed by atoms with E-state index in [1.54, 1.807) is 0 Å². The largest absolute Gasteiger partial charge is 0.480 e. The molecule has 6 N–H and O–H groups in total. The Kier molecular flexibility index (Phi) is 20.6. The number of nitrogens with zero attached hydrogens (tertiary/aromatic N) is 2. The van der Waals surface area contributed by atoms with Crippen molar-refractivity contribution in [3.63, 3.8) is 0 Å². The molecule has 0 fully saturated rings. The van der Waals surface area contributed by atoms with E-state index in [0.29, 0.717) is 0 Å².